The maximum Gasteiger partial charge on any atom is 0.122 e. The Morgan fingerprint density at radius 2 is 2.10 bits per heavy atom. The van der Waals surface area contributed by atoms with Gasteiger partial charge in [-0.2, -0.15) is 0 Å². The molecule has 0 aliphatic carbocycles. The van der Waals surface area contributed by atoms with Crippen molar-refractivity contribution in [2.24, 2.45) is 0 Å². The van der Waals surface area contributed by atoms with Crippen LogP contribution >= 0.6 is 0 Å². The molecule has 0 aromatic heterocycles. The molecule has 1 unspecified atom stereocenters. The highest BCUT2D eigenvalue weighted by Gasteiger charge is 2.15. The monoisotopic (exact) mass is 276 g/mol. The largest absolute Gasteiger partial charge is 0.490 e. The molecule has 1 fully saturated rings. The molecule has 3 heteroatoms. The van der Waals surface area contributed by atoms with Gasteiger partial charge in [-0.3, -0.25) is 0 Å². The smallest absolute Gasteiger partial charge is 0.122 e. The van der Waals surface area contributed by atoms with Crippen LogP contribution in [-0.4, -0.2) is 25.2 Å². The summed E-state index contributed by atoms with van der Waals surface area (Å²) in [6.07, 6.45) is 4.99. The summed E-state index contributed by atoms with van der Waals surface area (Å²) in [5.41, 5.74) is 2.42. The van der Waals surface area contributed by atoms with Crippen LogP contribution in [0.4, 0.5) is 5.69 Å². The van der Waals surface area contributed by atoms with Gasteiger partial charge in [0.2, 0.25) is 0 Å². The number of nitrogens with one attached hydrogen (secondary N) is 2. The van der Waals surface area contributed by atoms with Gasteiger partial charge in [0.1, 0.15) is 11.9 Å². The number of hydrogen-bond donors (Lipinski definition) is 2. The molecule has 1 saturated heterocycles. The van der Waals surface area contributed by atoms with Gasteiger partial charge in [0.05, 0.1) is 0 Å². The zero-order valence-corrected chi connectivity index (χ0v) is 13.0. The van der Waals surface area contributed by atoms with Crippen LogP contribution in [0, 0.1) is 6.92 Å². The first kappa shape index (κ1) is 15.2. The molecular weight excluding hydrogens is 248 g/mol. The van der Waals surface area contributed by atoms with E-state index < -0.39 is 0 Å². The Morgan fingerprint density at radius 3 is 2.75 bits per heavy atom. The van der Waals surface area contributed by atoms with Gasteiger partial charge in [-0.1, -0.05) is 13.3 Å². The summed E-state index contributed by atoms with van der Waals surface area (Å²) >= 11 is 0. The lowest BCUT2D eigenvalue weighted by molar-refractivity contribution is 0.161. The average molecular weight is 276 g/mol. The first-order valence-corrected chi connectivity index (χ1v) is 7.93. The van der Waals surface area contributed by atoms with Gasteiger partial charge in [0, 0.05) is 11.7 Å². The van der Waals surface area contributed by atoms with Gasteiger partial charge in [0.25, 0.3) is 0 Å². The van der Waals surface area contributed by atoms with Crippen molar-refractivity contribution in [3.8, 4) is 5.75 Å². The number of ether oxygens (including phenoxy) is 1. The van der Waals surface area contributed by atoms with Crippen LogP contribution in [0.2, 0.25) is 0 Å². The summed E-state index contributed by atoms with van der Waals surface area (Å²) in [6.45, 7) is 8.72. The first-order chi connectivity index (χ1) is 9.69. The number of piperidine rings is 1. The summed E-state index contributed by atoms with van der Waals surface area (Å²) in [5.74, 6) is 1.03. The van der Waals surface area contributed by atoms with Crippen molar-refractivity contribution in [3.05, 3.63) is 23.8 Å². The molecule has 20 heavy (non-hydrogen) atoms. The molecule has 0 saturated carbocycles. The quantitative estimate of drug-likeness (QED) is 0.830. The third kappa shape index (κ3) is 4.41. The van der Waals surface area contributed by atoms with Crippen LogP contribution in [0.25, 0.3) is 0 Å². The molecule has 0 amide bonds. The third-order valence-corrected chi connectivity index (χ3v) is 3.89. The Balaban J connectivity index is 1.94. The summed E-state index contributed by atoms with van der Waals surface area (Å²) < 4.78 is 6.13. The second-order valence-electron chi connectivity index (χ2n) is 5.88. The fraction of sp³-hybridized carbons (Fsp3) is 0.647. The van der Waals surface area contributed by atoms with Gasteiger partial charge >= 0.3 is 0 Å². The Morgan fingerprint density at radius 1 is 1.35 bits per heavy atom. The molecule has 2 rings (SSSR count). The molecule has 1 heterocycles. The van der Waals surface area contributed by atoms with Gasteiger partial charge in [-0.05, 0) is 70.0 Å². The number of aryl methyl sites for hydroxylation is 1. The van der Waals surface area contributed by atoms with Crippen molar-refractivity contribution in [3.63, 3.8) is 0 Å². The number of rotatable bonds is 6. The average Bonchev–Trinajstić information content (AvgIpc) is 2.43. The van der Waals surface area contributed by atoms with E-state index in [-0.39, 0.29) is 0 Å². The topological polar surface area (TPSA) is 33.3 Å². The molecule has 0 radical (unpaired) electrons. The lowest BCUT2D eigenvalue weighted by Gasteiger charge is -2.25. The van der Waals surface area contributed by atoms with E-state index in [0.29, 0.717) is 12.1 Å². The fourth-order valence-corrected chi connectivity index (χ4v) is 2.75. The second-order valence-corrected chi connectivity index (χ2v) is 5.88. The predicted octanol–water partition coefficient (Wildman–Crippen LogP) is 3.73. The zero-order chi connectivity index (χ0) is 14.4. The minimum absolute atomic E-state index is 0.368. The lowest BCUT2D eigenvalue weighted by Crippen LogP contribution is -2.34. The van der Waals surface area contributed by atoms with Gasteiger partial charge in [0.15, 0.2) is 0 Å². The fourth-order valence-electron chi connectivity index (χ4n) is 2.75. The summed E-state index contributed by atoms with van der Waals surface area (Å²) in [6, 6.07) is 6.96. The van der Waals surface area contributed by atoms with E-state index in [2.05, 4.69) is 49.6 Å². The minimum Gasteiger partial charge on any atom is -0.490 e. The third-order valence-electron chi connectivity index (χ3n) is 3.89. The van der Waals surface area contributed by atoms with Crippen LogP contribution in [0.1, 0.15) is 45.1 Å². The molecule has 112 valence electrons. The van der Waals surface area contributed by atoms with E-state index >= 15 is 0 Å². The Labute approximate surface area is 123 Å². The maximum atomic E-state index is 6.13. The Kier molecular flexibility index (Phi) is 5.72. The zero-order valence-electron chi connectivity index (χ0n) is 13.0. The second kappa shape index (κ2) is 7.53. The molecule has 2 N–H and O–H groups in total. The van der Waals surface area contributed by atoms with E-state index in [1.165, 1.54) is 24.1 Å². The van der Waals surface area contributed by atoms with Crippen molar-refractivity contribution >= 4 is 5.69 Å². The van der Waals surface area contributed by atoms with Crippen molar-refractivity contribution in [2.45, 2.75) is 58.6 Å². The molecule has 1 aliphatic rings. The predicted molar refractivity (Wildman–Crippen MR) is 85.7 cm³/mol. The maximum absolute atomic E-state index is 6.13. The van der Waals surface area contributed by atoms with Crippen molar-refractivity contribution in [1.82, 2.24) is 5.32 Å². The van der Waals surface area contributed by atoms with E-state index in [1.54, 1.807) is 0 Å². The SMILES string of the molecule is CCCC(C)Nc1ccc(OC2CCNCC2)c(C)c1. The lowest BCUT2D eigenvalue weighted by atomic mass is 10.1. The van der Waals surface area contributed by atoms with Crippen LogP contribution in [0.3, 0.4) is 0 Å². The van der Waals surface area contributed by atoms with E-state index in [1.807, 2.05) is 0 Å². The van der Waals surface area contributed by atoms with Crippen LogP contribution < -0.4 is 15.4 Å². The van der Waals surface area contributed by atoms with Crippen LogP contribution in [0.15, 0.2) is 18.2 Å². The highest BCUT2D eigenvalue weighted by molar-refractivity contribution is 5.51. The number of benzene rings is 1. The van der Waals surface area contributed by atoms with Gasteiger partial charge in [-0.15, -0.1) is 0 Å². The minimum atomic E-state index is 0.368. The molecule has 1 aromatic rings. The van der Waals surface area contributed by atoms with E-state index in [9.17, 15) is 0 Å². The molecule has 1 aromatic carbocycles. The molecule has 3 nitrogen and oxygen atoms in total. The van der Waals surface area contributed by atoms with Gasteiger partial charge in [-0.25, -0.2) is 0 Å². The summed E-state index contributed by atoms with van der Waals surface area (Å²) in [5, 5.41) is 6.92. The first-order valence-electron chi connectivity index (χ1n) is 7.93. The molecular formula is C17H28N2O. The molecule has 1 atom stereocenters. The van der Waals surface area contributed by atoms with Crippen molar-refractivity contribution in [2.75, 3.05) is 18.4 Å². The van der Waals surface area contributed by atoms with Gasteiger partial charge < -0.3 is 15.4 Å². The van der Waals surface area contributed by atoms with Crippen molar-refractivity contribution < 1.29 is 4.74 Å². The van der Waals surface area contributed by atoms with Crippen LogP contribution in [0.5, 0.6) is 5.75 Å². The number of hydrogen-bond acceptors (Lipinski definition) is 3. The normalized spacial score (nSPS) is 17.8. The van der Waals surface area contributed by atoms with Crippen molar-refractivity contribution in [1.29, 1.82) is 0 Å². The molecule has 1 aliphatic heterocycles. The number of anilines is 1. The van der Waals surface area contributed by atoms with E-state index in [0.717, 1.165) is 31.7 Å². The van der Waals surface area contributed by atoms with Crippen LogP contribution in [-0.2, 0) is 0 Å². The summed E-state index contributed by atoms with van der Waals surface area (Å²) in [7, 11) is 0. The summed E-state index contributed by atoms with van der Waals surface area (Å²) in [4.78, 5) is 0. The molecule has 0 spiro atoms. The standard InChI is InChI=1S/C17H28N2O/c1-4-5-14(3)19-15-6-7-17(13(2)12-15)20-16-8-10-18-11-9-16/h6-7,12,14,16,18-19H,4-5,8-11H2,1-3H3. The highest BCUT2D eigenvalue weighted by Crippen LogP contribution is 2.25. The van der Waals surface area contributed by atoms with E-state index in [4.69, 9.17) is 4.74 Å². The highest BCUT2D eigenvalue weighted by atomic mass is 16.5. The Bertz CT molecular complexity index is 413. The Hall–Kier alpha value is -1.22. The molecule has 0 bridgehead atoms.